The molecule has 0 saturated heterocycles. The summed E-state index contributed by atoms with van der Waals surface area (Å²) in [5.74, 6) is -0.110. The number of carbonyl (C=O) groups is 2. The minimum atomic E-state index is -0.362. The molecule has 15 heavy (non-hydrogen) atoms. The molecule has 0 N–H and O–H groups in total. The van der Waals surface area contributed by atoms with Crippen molar-refractivity contribution in [3.8, 4) is 0 Å². The van der Waals surface area contributed by atoms with Crippen LogP contribution in [0.3, 0.4) is 0 Å². The lowest BCUT2D eigenvalue weighted by atomic mass is 10.2. The van der Waals surface area contributed by atoms with Crippen molar-refractivity contribution < 1.29 is 14.3 Å². The van der Waals surface area contributed by atoms with Gasteiger partial charge in [-0.1, -0.05) is 0 Å². The van der Waals surface area contributed by atoms with Crippen LogP contribution in [0.5, 0.6) is 0 Å². The van der Waals surface area contributed by atoms with Crippen molar-refractivity contribution in [3.05, 3.63) is 24.0 Å². The Kier molecular flexibility index (Phi) is 2.58. The maximum absolute atomic E-state index is 11.5. The van der Waals surface area contributed by atoms with Gasteiger partial charge in [-0.15, -0.1) is 0 Å². The summed E-state index contributed by atoms with van der Waals surface area (Å²) >= 11 is 0. The second-order valence-corrected chi connectivity index (χ2v) is 3.71. The third-order valence-electron chi connectivity index (χ3n) is 2.77. The van der Waals surface area contributed by atoms with Gasteiger partial charge in [0.1, 0.15) is 0 Å². The number of aromatic nitrogens is 1. The SMILES string of the molecule is COC(=O)c1ccn([C@@H]2CCCC2=O)c1. The molecule has 0 unspecified atom stereocenters. The van der Waals surface area contributed by atoms with Crippen LogP contribution in [0.2, 0.25) is 0 Å². The molecule has 80 valence electrons. The van der Waals surface area contributed by atoms with E-state index in [9.17, 15) is 9.59 Å². The highest BCUT2D eigenvalue weighted by Crippen LogP contribution is 2.26. The molecule has 1 fully saturated rings. The molecule has 1 aliphatic rings. The van der Waals surface area contributed by atoms with Gasteiger partial charge >= 0.3 is 5.97 Å². The maximum atomic E-state index is 11.5. The maximum Gasteiger partial charge on any atom is 0.339 e. The number of esters is 1. The number of rotatable bonds is 2. The van der Waals surface area contributed by atoms with E-state index in [1.807, 2.05) is 4.57 Å². The second kappa shape index (κ2) is 3.88. The molecule has 0 spiro atoms. The molecule has 0 aromatic carbocycles. The first-order valence-corrected chi connectivity index (χ1v) is 5.01. The van der Waals surface area contributed by atoms with Crippen LogP contribution in [0, 0.1) is 0 Å². The first kappa shape index (κ1) is 9.96. The summed E-state index contributed by atoms with van der Waals surface area (Å²) in [5.41, 5.74) is 0.497. The normalized spacial score (nSPS) is 20.6. The molecule has 0 amide bonds. The predicted octanol–water partition coefficient (Wildman–Crippen LogP) is 1.57. The Balaban J connectivity index is 2.19. The van der Waals surface area contributed by atoms with Crippen LogP contribution in [0.1, 0.15) is 35.7 Å². The molecule has 1 saturated carbocycles. The number of hydrogen-bond donors (Lipinski definition) is 0. The fourth-order valence-corrected chi connectivity index (χ4v) is 1.96. The third-order valence-corrected chi connectivity index (χ3v) is 2.77. The number of nitrogens with zero attached hydrogens (tertiary/aromatic N) is 1. The molecular formula is C11H13NO3. The molecule has 0 radical (unpaired) electrons. The summed E-state index contributed by atoms with van der Waals surface area (Å²) in [5, 5.41) is 0. The Bertz CT molecular complexity index is 394. The van der Waals surface area contributed by atoms with Crippen molar-refractivity contribution in [2.24, 2.45) is 0 Å². The summed E-state index contributed by atoms with van der Waals surface area (Å²) in [7, 11) is 1.35. The lowest BCUT2D eigenvalue weighted by Crippen LogP contribution is -2.11. The van der Waals surface area contributed by atoms with Crippen molar-refractivity contribution in [2.45, 2.75) is 25.3 Å². The molecule has 4 nitrogen and oxygen atoms in total. The van der Waals surface area contributed by atoms with E-state index in [1.54, 1.807) is 18.5 Å². The average molecular weight is 207 g/mol. The van der Waals surface area contributed by atoms with E-state index < -0.39 is 0 Å². The molecule has 0 aliphatic heterocycles. The Hall–Kier alpha value is -1.58. The van der Waals surface area contributed by atoms with E-state index in [2.05, 4.69) is 4.74 Å². The molecule has 4 heteroatoms. The lowest BCUT2D eigenvalue weighted by molar-refractivity contribution is -0.120. The van der Waals surface area contributed by atoms with Crippen LogP contribution < -0.4 is 0 Å². The summed E-state index contributed by atoms with van der Waals surface area (Å²) < 4.78 is 6.41. The van der Waals surface area contributed by atoms with Crippen molar-refractivity contribution in [2.75, 3.05) is 7.11 Å². The third kappa shape index (κ3) is 1.79. The smallest absolute Gasteiger partial charge is 0.339 e. The van der Waals surface area contributed by atoms with Crippen LogP contribution >= 0.6 is 0 Å². The average Bonchev–Trinajstić information content (AvgIpc) is 2.84. The van der Waals surface area contributed by atoms with Crippen molar-refractivity contribution in [3.63, 3.8) is 0 Å². The van der Waals surface area contributed by atoms with Crippen LogP contribution in [0.15, 0.2) is 18.5 Å². The molecule has 0 bridgehead atoms. The monoisotopic (exact) mass is 207 g/mol. The zero-order chi connectivity index (χ0) is 10.8. The van der Waals surface area contributed by atoms with E-state index in [0.717, 1.165) is 12.8 Å². The molecule has 2 rings (SSSR count). The Morgan fingerprint density at radius 1 is 1.60 bits per heavy atom. The Morgan fingerprint density at radius 2 is 2.40 bits per heavy atom. The number of Topliss-reactive ketones (excluding diaryl/α,β-unsaturated/α-hetero) is 1. The Labute approximate surface area is 87.8 Å². The van der Waals surface area contributed by atoms with Crippen LogP contribution in [-0.4, -0.2) is 23.4 Å². The lowest BCUT2D eigenvalue weighted by Gasteiger charge is -2.09. The fourth-order valence-electron chi connectivity index (χ4n) is 1.96. The predicted molar refractivity (Wildman–Crippen MR) is 53.7 cm³/mol. The first-order valence-electron chi connectivity index (χ1n) is 5.01. The van der Waals surface area contributed by atoms with Gasteiger partial charge < -0.3 is 9.30 Å². The van der Waals surface area contributed by atoms with Gasteiger partial charge in [0.2, 0.25) is 0 Å². The van der Waals surface area contributed by atoms with E-state index in [1.165, 1.54) is 7.11 Å². The summed E-state index contributed by atoms with van der Waals surface area (Å²) in [6.45, 7) is 0. The molecular weight excluding hydrogens is 194 g/mol. The van der Waals surface area contributed by atoms with Gasteiger partial charge in [0, 0.05) is 18.8 Å². The van der Waals surface area contributed by atoms with Gasteiger partial charge in [-0.25, -0.2) is 4.79 Å². The first-order chi connectivity index (χ1) is 7.22. The van der Waals surface area contributed by atoms with Gasteiger partial charge in [0.25, 0.3) is 0 Å². The van der Waals surface area contributed by atoms with Crippen molar-refractivity contribution >= 4 is 11.8 Å². The minimum absolute atomic E-state index is 0.0802. The highest BCUT2D eigenvalue weighted by atomic mass is 16.5. The van der Waals surface area contributed by atoms with Crippen LogP contribution in [-0.2, 0) is 9.53 Å². The number of hydrogen-bond acceptors (Lipinski definition) is 3. The van der Waals surface area contributed by atoms with E-state index in [-0.39, 0.29) is 17.8 Å². The molecule has 1 heterocycles. The quantitative estimate of drug-likeness (QED) is 0.691. The fraction of sp³-hybridized carbons (Fsp3) is 0.455. The summed E-state index contributed by atoms with van der Waals surface area (Å²) in [6, 6.07) is 1.60. The van der Waals surface area contributed by atoms with E-state index in [4.69, 9.17) is 0 Å². The van der Waals surface area contributed by atoms with Crippen LogP contribution in [0.25, 0.3) is 0 Å². The van der Waals surface area contributed by atoms with Gasteiger partial charge in [0.05, 0.1) is 18.7 Å². The van der Waals surface area contributed by atoms with Gasteiger partial charge in [0.15, 0.2) is 5.78 Å². The largest absolute Gasteiger partial charge is 0.465 e. The van der Waals surface area contributed by atoms with Gasteiger partial charge in [-0.2, -0.15) is 0 Å². The van der Waals surface area contributed by atoms with Crippen molar-refractivity contribution in [1.82, 2.24) is 4.57 Å². The van der Waals surface area contributed by atoms with Crippen molar-refractivity contribution in [1.29, 1.82) is 0 Å². The molecule has 1 aromatic rings. The number of ether oxygens (including phenoxy) is 1. The highest BCUT2D eigenvalue weighted by Gasteiger charge is 2.25. The van der Waals surface area contributed by atoms with Crippen LogP contribution in [0.4, 0.5) is 0 Å². The van der Waals surface area contributed by atoms with E-state index in [0.29, 0.717) is 12.0 Å². The second-order valence-electron chi connectivity index (χ2n) is 3.71. The molecule has 1 atom stereocenters. The van der Waals surface area contributed by atoms with E-state index >= 15 is 0 Å². The summed E-state index contributed by atoms with van der Waals surface area (Å²) in [4.78, 5) is 22.7. The van der Waals surface area contributed by atoms with Gasteiger partial charge in [-0.05, 0) is 18.9 Å². The summed E-state index contributed by atoms with van der Waals surface area (Å²) in [6.07, 6.45) is 5.90. The Morgan fingerprint density at radius 3 is 3.00 bits per heavy atom. The molecule has 1 aliphatic carbocycles. The number of carbonyl (C=O) groups excluding carboxylic acids is 2. The zero-order valence-corrected chi connectivity index (χ0v) is 8.60. The highest BCUT2D eigenvalue weighted by molar-refractivity contribution is 5.89. The topological polar surface area (TPSA) is 48.3 Å². The zero-order valence-electron chi connectivity index (χ0n) is 8.60. The standard InChI is InChI=1S/C11H13NO3/c1-15-11(14)8-5-6-12(7-8)9-3-2-4-10(9)13/h5-7,9H,2-4H2,1H3/t9-/m1/s1. The molecule has 1 aromatic heterocycles. The van der Waals surface area contributed by atoms with Gasteiger partial charge in [-0.3, -0.25) is 4.79 Å². The number of methoxy groups -OCH3 is 1. The minimum Gasteiger partial charge on any atom is -0.465 e. The number of ketones is 1.